The monoisotopic (exact) mass is 342 g/mol. The van der Waals surface area contributed by atoms with E-state index < -0.39 is 5.97 Å². The fraction of sp³-hybridized carbons (Fsp3) is 0.500. The molecule has 0 fully saturated rings. The number of hydrogen-bond acceptors (Lipinski definition) is 4. The molecule has 0 saturated heterocycles. The molecule has 5 nitrogen and oxygen atoms in total. The molecule has 0 amide bonds. The highest BCUT2D eigenvalue weighted by atomic mass is 127. The van der Waals surface area contributed by atoms with E-state index in [-0.39, 0.29) is 12.6 Å². The first kappa shape index (κ1) is 12.8. The first-order chi connectivity index (χ1) is 7.16. The molecular weight excluding hydrogens is 331 g/mol. The highest BCUT2D eigenvalue weighted by Crippen LogP contribution is 2.10. The van der Waals surface area contributed by atoms with E-state index >= 15 is 0 Å². The normalized spacial score (nSPS) is 10.5. The van der Waals surface area contributed by atoms with Crippen LogP contribution in [0.2, 0.25) is 0 Å². The van der Waals surface area contributed by atoms with Crippen LogP contribution in [0.4, 0.5) is 0 Å². The molecule has 0 atom stereocenters. The van der Waals surface area contributed by atoms with Gasteiger partial charge >= 0.3 is 5.97 Å². The number of carboxylic acid groups (broad SMARTS) is 1. The van der Waals surface area contributed by atoms with Gasteiger partial charge in [0, 0.05) is 17.6 Å². The lowest BCUT2D eigenvalue weighted by Gasteiger charge is -2.07. The van der Waals surface area contributed by atoms with E-state index in [4.69, 9.17) is 9.84 Å². The number of aryl methyl sites for hydroxylation is 1. The summed E-state index contributed by atoms with van der Waals surface area (Å²) in [6, 6.07) is 0. The fourth-order valence-corrected chi connectivity index (χ4v) is 1.76. The number of aromatic nitrogens is 2. The van der Waals surface area contributed by atoms with E-state index in [2.05, 4.69) is 26.2 Å². The topological polar surface area (TPSA) is 64.3 Å². The second-order valence-corrected chi connectivity index (χ2v) is 5.30. The lowest BCUT2D eigenvalue weighted by atomic mass is 10.5. The minimum atomic E-state index is -1.03. The number of ether oxygens (including phenoxy) is 1. The van der Waals surface area contributed by atoms with Crippen LogP contribution < -0.4 is 0 Å². The molecule has 1 aromatic heterocycles. The standard InChI is InChI=1S/C8H11IN2O3S/c1-6-4-10-7(8(12)13)11(6)5-14-2-3-15-9/h4H,2-3,5H2,1H3,(H,12,13). The Bertz CT molecular complexity index is 343. The van der Waals surface area contributed by atoms with Crippen molar-refractivity contribution in [2.24, 2.45) is 0 Å². The smallest absolute Gasteiger partial charge is 0.372 e. The summed E-state index contributed by atoms with van der Waals surface area (Å²) in [6.07, 6.45) is 1.53. The number of nitrogens with zero attached hydrogens (tertiary/aromatic N) is 2. The van der Waals surface area contributed by atoms with Crippen molar-refractivity contribution in [3.8, 4) is 0 Å². The summed E-state index contributed by atoms with van der Waals surface area (Å²) in [7, 11) is 1.66. The molecular formula is C8H11IN2O3S. The van der Waals surface area contributed by atoms with Gasteiger partial charge in [0.25, 0.3) is 0 Å². The molecule has 0 aliphatic rings. The van der Waals surface area contributed by atoms with Crippen LogP contribution in [0.3, 0.4) is 0 Å². The predicted molar refractivity (Wildman–Crippen MR) is 66.4 cm³/mol. The summed E-state index contributed by atoms with van der Waals surface area (Å²) in [5, 5.41) is 8.84. The van der Waals surface area contributed by atoms with Crippen molar-refractivity contribution in [2.75, 3.05) is 12.4 Å². The zero-order valence-electron chi connectivity index (χ0n) is 8.14. The van der Waals surface area contributed by atoms with Crippen LogP contribution in [0.1, 0.15) is 16.3 Å². The summed E-state index contributed by atoms with van der Waals surface area (Å²) in [6.45, 7) is 2.64. The molecule has 0 saturated carbocycles. The Morgan fingerprint density at radius 1 is 1.80 bits per heavy atom. The summed E-state index contributed by atoms with van der Waals surface area (Å²) in [5.74, 6) is -0.124. The van der Waals surface area contributed by atoms with Gasteiger partial charge in [0.1, 0.15) is 6.73 Å². The maximum absolute atomic E-state index is 10.8. The van der Waals surface area contributed by atoms with E-state index in [0.29, 0.717) is 6.61 Å². The lowest BCUT2D eigenvalue weighted by molar-refractivity contribution is 0.0615. The Balaban J connectivity index is 2.58. The van der Waals surface area contributed by atoms with Gasteiger partial charge in [-0.05, 0) is 28.1 Å². The number of imidazole rings is 1. The molecule has 1 aromatic rings. The Labute approximate surface area is 104 Å². The van der Waals surface area contributed by atoms with E-state index in [1.807, 2.05) is 0 Å². The van der Waals surface area contributed by atoms with Gasteiger partial charge < -0.3 is 9.84 Å². The maximum Gasteiger partial charge on any atom is 0.372 e. The third-order valence-electron chi connectivity index (χ3n) is 1.77. The van der Waals surface area contributed by atoms with Crippen molar-refractivity contribution >= 4 is 36.1 Å². The van der Waals surface area contributed by atoms with E-state index in [1.54, 1.807) is 20.4 Å². The molecule has 0 radical (unpaired) electrons. The zero-order valence-corrected chi connectivity index (χ0v) is 11.1. The Morgan fingerprint density at radius 3 is 3.13 bits per heavy atom. The van der Waals surface area contributed by atoms with Crippen LogP contribution in [-0.4, -0.2) is 33.0 Å². The van der Waals surface area contributed by atoms with Gasteiger partial charge in [-0.25, -0.2) is 9.78 Å². The molecule has 0 unspecified atom stereocenters. The highest BCUT2D eigenvalue weighted by Gasteiger charge is 2.13. The molecule has 0 bridgehead atoms. The first-order valence-electron chi connectivity index (χ1n) is 4.23. The first-order valence-corrected chi connectivity index (χ1v) is 7.76. The summed E-state index contributed by atoms with van der Waals surface area (Å²) < 4.78 is 6.87. The Hall–Kier alpha value is -0.280. The molecule has 15 heavy (non-hydrogen) atoms. The Kier molecular flexibility index (Phi) is 5.40. The second kappa shape index (κ2) is 6.33. The number of carbonyl (C=O) groups is 1. The summed E-state index contributed by atoms with van der Waals surface area (Å²) in [4.78, 5) is 14.6. The summed E-state index contributed by atoms with van der Waals surface area (Å²) in [5.41, 5.74) is 0.787. The number of hydrogen-bond donors (Lipinski definition) is 1. The van der Waals surface area contributed by atoms with Gasteiger partial charge in [0.15, 0.2) is 0 Å². The fourth-order valence-electron chi connectivity index (χ4n) is 1.04. The van der Waals surface area contributed by atoms with Crippen LogP contribution >= 0.6 is 30.1 Å². The molecule has 0 aromatic carbocycles. The quantitative estimate of drug-likeness (QED) is 0.632. The lowest BCUT2D eigenvalue weighted by Crippen LogP contribution is -2.13. The molecule has 1 N–H and O–H groups in total. The SMILES string of the molecule is Cc1cnc(C(=O)O)n1COCCSI. The van der Waals surface area contributed by atoms with Crippen molar-refractivity contribution in [1.82, 2.24) is 9.55 Å². The Morgan fingerprint density at radius 2 is 2.53 bits per heavy atom. The number of carboxylic acids is 1. The van der Waals surface area contributed by atoms with Gasteiger partial charge in [-0.3, -0.25) is 4.57 Å². The van der Waals surface area contributed by atoms with Crippen LogP contribution in [0, 0.1) is 6.92 Å². The molecule has 1 heterocycles. The molecule has 0 spiro atoms. The largest absolute Gasteiger partial charge is 0.475 e. The molecule has 7 heteroatoms. The van der Waals surface area contributed by atoms with Gasteiger partial charge in [-0.1, -0.05) is 8.93 Å². The third kappa shape index (κ3) is 3.65. The van der Waals surface area contributed by atoms with E-state index in [0.717, 1.165) is 11.4 Å². The predicted octanol–water partition coefficient (Wildman–Crippen LogP) is 1.95. The van der Waals surface area contributed by atoms with Crippen molar-refractivity contribution in [2.45, 2.75) is 13.7 Å². The van der Waals surface area contributed by atoms with Gasteiger partial charge in [0.2, 0.25) is 5.82 Å². The number of halogens is 1. The molecule has 84 valence electrons. The van der Waals surface area contributed by atoms with Crippen molar-refractivity contribution in [3.05, 3.63) is 17.7 Å². The average Bonchev–Trinajstić information content (AvgIpc) is 2.55. The maximum atomic E-state index is 10.8. The van der Waals surface area contributed by atoms with Gasteiger partial charge in [-0.15, -0.1) is 0 Å². The van der Waals surface area contributed by atoms with Crippen molar-refractivity contribution < 1.29 is 14.6 Å². The second-order valence-electron chi connectivity index (χ2n) is 2.81. The van der Waals surface area contributed by atoms with E-state index in [9.17, 15) is 4.79 Å². The zero-order chi connectivity index (χ0) is 11.3. The highest BCUT2D eigenvalue weighted by molar-refractivity contribution is 14.2. The van der Waals surface area contributed by atoms with Gasteiger partial charge in [0.05, 0.1) is 6.61 Å². The summed E-state index contributed by atoms with van der Waals surface area (Å²) >= 11 is 2.19. The number of aromatic carboxylic acids is 1. The van der Waals surface area contributed by atoms with Crippen LogP contribution in [0.15, 0.2) is 6.20 Å². The molecule has 1 rings (SSSR count). The van der Waals surface area contributed by atoms with E-state index in [1.165, 1.54) is 6.20 Å². The van der Waals surface area contributed by atoms with Crippen LogP contribution in [0.5, 0.6) is 0 Å². The molecule has 0 aliphatic heterocycles. The van der Waals surface area contributed by atoms with Crippen molar-refractivity contribution in [3.63, 3.8) is 0 Å². The third-order valence-corrected chi connectivity index (χ3v) is 3.41. The minimum Gasteiger partial charge on any atom is -0.475 e. The number of rotatable bonds is 6. The van der Waals surface area contributed by atoms with Crippen LogP contribution in [0.25, 0.3) is 0 Å². The van der Waals surface area contributed by atoms with Crippen LogP contribution in [-0.2, 0) is 11.5 Å². The molecule has 0 aliphatic carbocycles. The average molecular weight is 342 g/mol. The van der Waals surface area contributed by atoms with Gasteiger partial charge in [-0.2, -0.15) is 0 Å². The van der Waals surface area contributed by atoms with Crippen molar-refractivity contribution in [1.29, 1.82) is 0 Å². The minimum absolute atomic E-state index is 0.0228.